The SMILES string of the molecule is CC(C)Oc1ncccc1NC(=O)CC(O)C(C)C. The van der Waals surface area contributed by atoms with Gasteiger partial charge in [0.2, 0.25) is 11.8 Å². The predicted molar refractivity (Wildman–Crippen MR) is 74.1 cm³/mol. The fraction of sp³-hybridized carbons (Fsp3) is 0.571. The number of nitrogens with one attached hydrogen (secondary N) is 1. The Balaban J connectivity index is 2.68. The number of hydrogen-bond donors (Lipinski definition) is 2. The summed E-state index contributed by atoms with van der Waals surface area (Å²) in [4.78, 5) is 15.9. The first-order valence-electron chi connectivity index (χ1n) is 6.49. The third-order valence-corrected chi connectivity index (χ3v) is 2.56. The maximum absolute atomic E-state index is 11.8. The molecule has 0 bridgehead atoms. The van der Waals surface area contributed by atoms with Crippen molar-refractivity contribution in [2.75, 3.05) is 5.32 Å². The summed E-state index contributed by atoms with van der Waals surface area (Å²) in [6, 6.07) is 3.45. The van der Waals surface area contributed by atoms with Crippen molar-refractivity contribution in [3.05, 3.63) is 18.3 Å². The van der Waals surface area contributed by atoms with Crippen LogP contribution in [0.5, 0.6) is 5.88 Å². The van der Waals surface area contributed by atoms with Crippen LogP contribution in [0.3, 0.4) is 0 Å². The summed E-state index contributed by atoms with van der Waals surface area (Å²) in [5.74, 6) is 0.193. The lowest BCUT2D eigenvalue weighted by atomic mass is 10.0. The molecule has 0 saturated carbocycles. The number of pyridine rings is 1. The van der Waals surface area contributed by atoms with Gasteiger partial charge in [0.1, 0.15) is 5.69 Å². The molecule has 0 saturated heterocycles. The van der Waals surface area contributed by atoms with Gasteiger partial charge < -0.3 is 15.2 Å². The first-order valence-corrected chi connectivity index (χ1v) is 6.49. The van der Waals surface area contributed by atoms with E-state index in [9.17, 15) is 9.90 Å². The second kappa shape index (κ2) is 7.09. The zero-order valence-electron chi connectivity index (χ0n) is 11.9. The fourth-order valence-corrected chi connectivity index (χ4v) is 1.43. The zero-order valence-corrected chi connectivity index (χ0v) is 11.9. The van der Waals surface area contributed by atoms with E-state index in [-0.39, 0.29) is 24.3 Å². The highest BCUT2D eigenvalue weighted by molar-refractivity contribution is 5.92. The summed E-state index contributed by atoms with van der Waals surface area (Å²) >= 11 is 0. The van der Waals surface area contributed by atoms with Gasteiger partial charge in [-0.2, -0.15) is 0 Å². The van der Waals surface area contributed by atoms with Crippen molar-refractivity contribution in [2.24, 2.45) is 5.92 Å². The number of amides is 1. The minimum absolute atomic E-state index is 0.0215. The summed E-state index contributed by atoms with van der Waals surface area (Å²) in [6.07, 6.45) is 1.00. The molecule has 5 nitrogen and oxygen atoms in total. The molecule has 1 atom stereocenters. The second-order valence-electron chi connectivity index (χ2n) is 5.09. The van der Waals surface area contributed by atoms with Gasteiger partial charge in [0.15, 0.2) is 0 Å². The number of carbonyl (C=O) groups is 1. The predicted octanol–water partition coefficient (Wildman–Crippen LogP) is 2.21. The van der Waals surface area contributed by atoms with Crippen LogP contribution in [0, 0.1) is 5.92 Å². The van der Waals surface area contributed by atoms with E-state index in [4.69, 9.17) is 4.74 Å². The molecule has 0 aromatic carbocycles. The lowest BCUT2D eigenvalue weighted by Crippen LogP contribution is -2.24. The molecule has 1 rings (SSSR count). The Morgan fingerprint density at radius 2 is 2.11 bits per heavy atom. The van der Waals surface area contributed by atoms with E-state index in [2.05, 4.69) is 10.3 Å². The first kappa shape index (κ1) is 15.4. The van der Waals surface area contributed by atoms with Gasteiger partial charge in [0, 0.05) is 6.20 Å². The van der Waals surface area contributed by atoms with Crippen molar-refractivity contribution in [2.45, 2.75) is 46.3 Å². The maximum Gasteiger partial charge on any atom is 0.238 e. The van der Waals surface area contributed by atoms with Gasteiger partial charge in [-0.1, -0.05) is 13.8 Å². The highest BCUT2D eigenvalue weighted by atomic mass is 16.5. The Kier molecular flexibility index (Phi) is 5.76. The smallest absolute Gasteiger partial charge is 0.238 e. The lowest BCUT2D eigenvalue weighted by molar-refractivity contribution is -0.118. The molecule has 1 unspecified atom stereocenters. The number of hydrogen-bond acceptors (Lipinski definition) is 4. The van der Waals surface area contributed by atoms with Crippen molar-refractivity contribution in [1.82, 2.24) is 4.98 Å². The van der Waals surface area contributed by atoms with Crippen LogP contribution in [0.15, 0.2) is 18.3 Å². The number of anilines is 1. The van der Waals surface area contributed by atoms with Gasteiger partial charge in [0.05, 0.1) is 18.6 Å². The standard InChI is InChI=1S/C14H22N2O3/c1-9(2)12(17)8-13(18)16-11-6-5-7-15-14(11)19-10(3)4/h5-7,9-10,12,17H,8H2,1-4H3,(H,16,18). The van der Waals surface area contributed by atoms with Crippen LogP contribution in [-0.2, 0) is 4.79 Å². The number of carbonyl (C=O) groups excluding carboxylic acids is 1. The number of nitrogens with zero attached hydrogens (tertiary/aromatic N) is 1. The summed E-state index contributed by atoms with van der Waals surface area (Å²) in [6.45, 7) is 7.52. The van der Waals surface area contributed by atoms with Crippen LogP contribution in [0.2, 0.25) is 0 Å². The molecule has 0 fully saturated rings. The maximum atomic E-state index is 11.8. The highest BCUT2D eigenvalue weighted by Crippen LogP contribution is 2.22. The number of ether oxygens (including phenoxy) is 1. The van der Waals surface area contributed by atoms with Crippen molar-refractivity contribution in [1.29, 1.82) is 0 Å². The number of rotatable bonds is 6. The Bertz CT molecular complexity index is 419. The molecule has 5 heteroatoms. The molecule has 1 aromatic heterocycles. The van der Waals surface area contributed by atoms with E-state index in [1.807, 2.05) is 27.7 Å². The minimum atomic E-state index is -0.647. The van der Waals surface area contributed by atoms with Crippen molar-refractivity contribution in [3.8, 4) is 5.88 Å². The number of aliphatic hydroxyl groups excluding tert-OH is 1. The molecule has 2 N–H and O–H groups in total. The van der Waals surface area contributed by atoms with Crippen LogP contribution in [-0.4, -0.2) is 28.2 Å². The topological polar surface area (TPSA) is 71.5 Å². The van der Waals surface area contributed by atoms with E-state index in [1.165, 1.54) is 0 Å². The number of aromatic nitrogens is 1. The van der Waals surface area contributed by atoms with Crippen LogP contribution in [0.1, 0.15) is 34.1 Å². The Hall–Kier alpha value is -1.62. The van der Waals surface area contributed by atoms with Crippen molar-refractivity contribution >= 4 is 11.6 Å². The van der Waals surface area contributed by atoms with Gasteiger partial charge in [-0.15, -0.1) is 0 Å². The molecule has 1 aromatic rings. The third-order valence-electron chi connectivity index (χ3n) is 2.56. The molecule has 19 heavy (non-hydrogen) atoms. The van der Waals surface area contributed by atoms with E-state index in [0.717, 1.165) is 0 Å². The van der Waals surface area contributed by atoms with Crippen LogP contribution in [0.25, 0.3) is 0 Å². The molecular weight excluding hydrogens is 244 g/mol. The average molecular weight is 266 g/mol. The van der Waals surface area contributed by atoms with Gasteiger partial charge in [-0.05, 0) is 31.9 Å². The summed E-state index contributed by atoms with van der Waals surface area (Å²) in [5.41, 5.74) is 0.525. The average Bonchev–Trinajstić information content (AvgIpc) is 2.30. The summed E-state index contributed by atoms with van der Waals surface area (Å²) in [5, 5.41) is 12.4. The molecule has 1 heterocycles. The molecule has 1 amide bonds. The molecular formula is C14H22N2O3. The Labute approximate surface area is 114 Å². The summed E-state index contributed by atoms with van der Waals surface area (Å²) < 4.78 is 5.51. The number of aliphatic hydroxyl groups is 1. The van der Waals surface area contributed by atoms with Gasteiger partial charge in [-0.3, -0.25) is 4.79 Å². The largest absolute Gasteiger partial charge is 0.473 e. The first-order chi connectivity index (χ1) is 8.90. The monoisotopic (exact) mass is 266 g/mol. The van der Waals surface area contributed by atoms with E-state index in [0.29, 0.717) is 11.6 Å². The third kappa shape index (κ3) is 5.26. The van der Waals surface area contributed by atoms with Crippen LogP contribution >= 0.6 is 0 Å². The van der Waals surface area contributed by atoms with E-state index < -0.39 is 6.10 Å². The molecule has 0 radical (unpaired) electrons. The summed E-state index contributed by atoms with van der Waals surface area (Å²) in [7, 11) is 0. The normalized spacial score (nSPS) is 12.6. The van der Waals surface area contributed by atoms with E-state index in [1.54, 1.807) is 18.3 Å². The zero-order chi connectivity index (χ0) is 14.4. The molecule has 0 aliphatic carbocycles. The lowest BCUT2D eigenvalue weighted by Gasteiger charge is -2.16. The van der Waals surface area contributed by atoms with Gasteiger partial charge in [-0.25, -0.2) is 4.98 Å². The molecule has 0 aliphatic rings. The highest BCUT2D eigenvalue weighted by Gasteiger charge is 2.16. The van der Waals surface area contributed by atoms with Gasteiger partial charge >= 0.3 is 0 Å². The van der Waals surface area contributed by atoms with Crippen molar-refractivity contribution in [3.63, 3.8) is 0 Å². The van der Waals surface area contributed by atoms with Crippen molar-refractivity contribution < 1.29 is 14.6 Å². The molecule has 0 aliphatic heterocycles. The van der Waals surface area contributed by atoms with E-state index >= 15 is 0 Å². The Morgan fingerprint density at radius 1 is 1.42 bits per heavy atom. The second-order valence-corrected chi connectivity index (χ2v) is 5.09. The Morgan fingerprint density at radius 3 is 2.68 bits per heavy atom. The minimum Gasteiger partial charge on any atom is -0.473 e. The molecule has 0 spiro atoms. The quantitative estimate of drug-likeness (QED) is 0.828. The van der Waals surface area contributed by atoms with Crippen LogP contribution in [0.4, 0.5) is 5.69 Å². The van der Waals surface area contributed by atoms with Crippen LogP contribution < -0.4 is 10.1 Å². The fourth-order valence-electron chi connectivity index (χ4n) is 1.43. The molecule has 106 valence electrons. The van der Waals surface area contributed by atoms with Gasteiger partial charge in [0.25, 0.3) is 0 Å².